The van der Waals surface area contributed by atoms with Crippen molar-refractivity contribution in [3.05, 3.63) is 0 Å². The third kappa shape index (κ3) is 5.57. The summed E-state index contributed by atoms with van der Waals surface area (Å²) in [6, 6.07) is 0.765. The van der Waals surface area contributed by atoms with E-state index in [9.17, 15) is 0 Å². The molecule has 0 bridgehead atoms. The molecule has 6 nitrogen and oxygen atoms in total. The molecule has 0 aromatic heterocycles. The van der Waals surface area contributed by atoms with Crippen LogP contribution in [0.15, 0.2) is 0 Å². The second kappa shape index (κ2) is 8.17. The lowest BCUT2D eigenvalue weighted by atomic mass is 10.4. The molecule has 0 radical (unpaired) electrons. The van der Waals surface area contributed by atoms with Crippen molar-refractivity contribution in [2.75, 3.05) is 34.4 Å². The normalized spacial score (nSPS) is 14.2. The molecule has 0 aliphatic rings. The van der Waals surface area contributed by atoms with E-state index in [1.54, 1.807) is 21.3 Å². The van der Waals surface area contributed by atoms with E-state index in [2.05, 4.69) is 5.32 Å². The maximum atomic E-state index is 5.60. The predicted octanol–water partition coefficient (Wildman–Crippen LogP) is -0.912. The van der Waals surface area contributed by atoms with Crippen molar-refractivity contribution in [1.29, 1.82) is 0 Å². The molecule has 0 amide bonds. The van der Waals surface area contributed by atoms with Crippen LogP contribution in [0.2, 0.25) is 6.04 Å². The zero-order valence-corrected chi connectivity index (χ0v) is 10.8. The molecule has 0 aliphatic heterocycles. The average molecular weight is 237 g/mol. The van der Waals surface area contributed by atoms with Crippen molar-refractivity contribution >= 4 is 8.80 Å². The van der Waals surface area contributed by atoms with Crippen LogP contribution in [0, 0.1) is 0 Å². The summed E-state index contributed by atoms with van der Waals surface area (Å²) in [6.07, 6.45) is 0.740. The maximum Gasteiger partial charge on any atom is 0.500 e. The highest BCUT2D eigenvalue weighted by atomic mass is 28.4. The molecule has 0 aromatic rings. The van der Waals surface area contributed by atoms with Crippen molar-refractivity contribution in [1.82, 2.24) is 5.32 Å². The molecular weight excluding hydrogens is 214 g/mol. The Morgan fingerprint density at radius 1 is 1.20 bits per heavy atom. The Hall–Kier alpha value is -0.0231. The second-order valence-corrected chi connectivity index (χ2v) is 6.29. The summed E-state index contributed by atoms with van der Waals surface area (Å²) >= 11 is 0. The Morgan fingerprint density at radius 3 is 2.13 bits per heavy atom. The van der Waals surface area contributed by atoms with Crippen LogP contribution in [0.5, 0.6) is 0 Å². The molecule has 0 aromatic carbocycles. The SMILES string of the molecule is CO[Si](CCCNC(N)CN)(OC)OC. The highest BCUT2D eigenvalue weighted by Gasteiger charge is 2.36. The first-order valence-electron chi connectivity index (χ1n) is 4.98. The van der Waals surface area contributed by atoms with Gasteiger partial charge in [0.05, 0.1) is 6.17 Å². The molecule has 0 fully saturated rings. The summed E-state index contributed by atoms with van der Waals surface area (Å²) in [6.45, 7) is 1.21. The van der Waals surface area contributed by atoms with Crippen molar-refractivity contribution < 1.29 is 13.3 Å². The minimum Gasteiger partial charge on any atom is -0.377 e. The fourth-order valence-corrected chi connectivity index (χ4v) is 2.95. The number of nitrogens with two attached hydrogens (primary N) is 2. The van der Waals surface area contributed by atoms with Gasteiger partial charge in [0, 0.05) is 33.9 Å². The zero-order chi connectivity index (χ0) is 11.7. The number of nitrogens with one attached hydrogen (secondary N) is 1. The lowest BCUT2D eigenvalue weighted by molar-refractivity contribution is 0.123. The number of rotatable bonds is 9. The summed E-state index contributed by atoms with van der Waals surface area (Å²) in [7, 11) is 2.42. The average Bonchev–Trinajstić information content (AvgIpc) is 2.30. The van der Waals surface area contributed by atoms with Crippen LogP contribution in [0.1, 0.15) is 6.42 Å². The predicted molar refractivity (Wildman–Crippen MR) is 61.2 cm³/mol. The molecular formula is C8H23N3O3Si. The Kier molecular flexibility index (Phi) is 8.15. The third-order valence-electron chi connectivity index (χ3n) is 2.25. The van der Waals surface area contributed by atoms with Gasteiger partial charge >= 0.3 is 8.80 Å². The summed E-state index contributed by atoms with van der Waals surface area (Å²) in [5, 5.41) is 3.09. The van der Waals surface area contributed by atoms with E-state index in [4.69, 9.17) is 24.7 Å². The van der Waals surface area contributed by atoms with Gasteiger partial charge in [0.15, 0.2) is 0 Å². The maximum absolute atomic E-state index is 5.60. The quantitative estimate of drug-likeness (QED) is 0.273. The van der Waals surface area contributed by atoms with Gasteiger partial charge in [-0.15, -0.1) is 0 Å². The van der Waals surface area contributed by atoms with E-state index < -0.39 is 8.80 Å². The van der Waals surface area contributed by atoms with Crippen LogP contribution in [-0.4, -0.2) is 49.4 Å². The van der Waals surface area contributed by atoms with Gasteiger partial charge in [-0.25, -0.2) is 0 Å². The van der Waals surface area contributed by atoms with Gasteiger partial charge in [-0.1, -0.05) is 0 Å². The molecule has 7 heteroatoms. The van der Waals surface area contributed by atoms with Crippen LogP contribution in [0.4, 0.5) is 0 Å². The highest BCUT2D eigenvalue weighted by Crippen LogP contribution is 2.14. The van der Waals surface area contributed by atoms with E-state index in [-0.39, 0.29) is 6.17 Å². The van der Waals surface area contributed by atoms with Gasteiger partial charge in [-0.3, -0.25) is 0 Å². The molecule has 1 atom stereocenters. The lowest BCUT2D eigenvalue weighted by Gasteiger charge is -2.24. The molecule has 0 spiro atoms. The minimum absolute atomic E-state index is 0.145. The van der Waals surface area contributed by atoms with Crippen LogP contribution >= 0.6 is 0 Å². The standard InChI is InChI=1S/C8H23N3O3Si/c1-12-15(13-2,14-3)6-4-5-11-8(10)7-9/h8,11H,4-7,9-10H2,1-3H3. The fraction of sp³-hybridized carbons (Fsp3) is 1.00. The molecule has 5 N–H and O–H groups in total. The minimum atomic E-state index is -2.41. The van der Waals surface area contributed by atoms with E-state index >= 15 is 0 Å². The molecule has 0 heterocycles. The number of hydrogen-bond acceptors (Lipinski definition) is 6. The lowest BCUT2D eigenvalue weighted by Crippen LogP contribution is -2.46. The van der Waals surface area contributed by atoms with Gasteiger partial charge in [-0.2, -0.15) is 0 Å². The van der Waals surface area contributed by atoms with Crippen LogP contribution < -0.4 is 16.8 Å². The van der Waals surface area contributed by atoms with Crippen molar-refractivity contribution in [2.24, 2.45) is 11.5 Å². The Morgan fingerprint density at radius 2 is 1.73 bits per heavy atom. The van der Waals surface area contributed by atoms with Crippen LogP contribution in [-0.2, 0) is 13.3 Å². The van der Waals surface area contributed by atoms with Gasteiger partial charge < -0.3 is 30.1 Å². The zero-order valence-electron chi connectivity index (χ0n) is 9.79. The highest BCUT2D eigenvalue weighted by molar-refractivity contribution is 6.60. The Labute approximate surface area is 92.6 Å². The van der Waals surface area contributed by atoms with Crippen molar-refractivity contribution in [3.8, 4) is 0 Å². The summed E-state index contributed by atoms with van der Waals surface area (Å²) in [5.41, 5.74) is 11.0. The molecule has 0 saturated heterocycles. The van der Waals surface area contributed by atoms with E-state index in [1.165, 1.54) is 0 Å². The first-order valence-corrected chi connectivity index (χ1v) is 6.91. The third-order valence-corrected chi connectivity index (χ3v) is 5.09. The molecule has 15 heavy (non-hydrogen) atoms. The summed E-state index contributed by atoms with van der Waals surface area (Å²) < 4.78 is 15.8. The van der Waals surface area contributed by atoms with Gasteiger partial charge in [0.25, 0.3) is 0 Å². The smallest absolute Gasteiger partial charge is 0.377 e. The first-order chi connectivity index (χ1) is 7.14. The molecule has 92 valence electrons. The van der Waals surface area contributed by atoms with E-state index in [1.807, 2.05) is 0 Å². The van der Waals surface area contributed by atoms with E-state index in [0.717, 1.165) is 19.0 Å². The van der Waals surface area contributed by atoms with Crippen molar-refractivity contribution in [3.63, 3.8) is 0 Å². The molecule has 1 unspecified atom stereocenters. The number of hydrogen-bond donors (Lipinski definition) is 3. The van der Waals surface area contributed by atoms with Crippen LogP contribution in [0.25, 0.3) is 0 Å². The van der Waals surface area contributed by atoms with Gasteiger partial charge in [-0.05, 0) is 13.0 Å². The largest absolute Gasteiger partial charge is 0.500 e. The molecule has 0 aliphatic carbocycles. The Balaban J connectivity index is 3.72. The topological polar surface area (TPSA) is 91.8 Å². The fourth-order valence-electron chi connectivity index (χ4n) is 1.23. The van der Waals surface area contributed by atoms with Gasteiger partial charge in [0.2, 0.25) is 0 Å². The molecule has 0 rings (SSSR count). The van der Waals surface area contributed by atoms with Gasteiger partial charge in [0.1, 0.15) is 0 Å². The second-order valence-electron chi connectivity index (χ2n) is 3.20. The monoisotopic (exact) mass is 237 g/mol. The van der Waals surface area contributed by atoms with Crippen molar-refractivity contribution in [2.45, 2.75) is 18.6 Å². The Bertz CT molecular complexity index is 150. The first kappa shape index (κ1) is 15.0. The van der Waals surface area contributed by atoms with E-state index in [0.29, 0.717) is 6.54 Å². The summed E-state index contributed by atoms with van der Waals surface area (Å²) in [4.78, 5) is 0. The molecule has 0 saturated carbocycles. The summed E-state index contributed by atoms with van der Waals surface area (Å²) in [5.74, 6) is 0. The van der Waals surface area contributed by atoms with Crippen LogP contribution in [0.3, 0.4) is 0 Å².